The molecule has 1 aliphatic heterocycles. The molecule has 0 radical (unpaired) electrons. The van der Waals surface area contributed by atoms with E-state index in [0.717, 1.165) is 22.3 Å². The number of hydrogen-bond acceptors (Lipinski definition) is 3. The van der Waals surface area contributed by atoms with Crippen LogP contribution in [0.15, 0.2) is 43.1 Å². The van der Waals surface area contributed by atoms with E-state index in [9.17, 15) is 4.79 Å². The van der Waals surface area contributed by atoms with E-state index >= 15 is 0 Å². The largest absolute Gasteiger partial charge is 0.494 e. The van der Waals surface area contributed by atoms with Gasteiger partial charge in [0.15, 0.2) is 0 Å². The first-order valence-corrected chi connectivity index (χ1v) is 6.59. The highest BCUT2D eigenvalue weighted by atomic mass is 16.5. The number of rotatable bonds is 3. The zero-order chi connectivity index (χ0) is 14.1. The van der Waals surface area contributed by atoms with Crippen molar-refractivity contribution in [2.24, 2.45) is 5.92 Å². The molecule has 0 saturated carbocycles. The molecule has 1 atom stereocenters. The summed E-state index contributed by atoms with van der Waals surface area (Å²) in [6, 6.07) is 7.62. The standard InChI is InChI=1S/C16H16N2O2/c1-3-11-9-15(19)18(10-11)13-6-7-14(20-2)16-12(13)5-4-8-17-16/h3-8,11H,1,9-10H2,2H3. The first kappa shape index (κ1) is 12.7. The molecule has 0 aliphatic carbocycles. The van der Waals surface area contributed by atoms with Gasteiger partial charge in [-0.3, -0.25) is 9.78 Å². The van der Waals surface area contributed by atoms with Crippen LogP contribution in [-0.2, 0) is 4.79 Å². The molecular weight excluding hydrogens is 252 g/mol. The van der Waals surface area contributed by atoms with Gasteiger partial charge < -0.3 is 9.64 Å². The van der Waals surface area contributed by atoms with Gasteiger partial charge in [0, 0.05) is 30.5 Å². The molecule has 1 amide bonds. The summed E-state index contributed by atoms with van der Waals surface area (Å²) >= 11 is 0. The predicted octanol–water partition coefficient (Wildman–Crippen LogP) is 2.78. The van der Waals surface area contributed by atoms with Crippen LogP contribution < -0.4 is 9.64 Å². The molecule has 20 heavy (non-hydrogen) atoms. The van der Waals surface area contributed by atoms with Gasteiger partial charge in [0.25, 0.3) is 0 Å². The van der Waals surface area contributed by atoms with Crippen molar-refractivity contribution in [1.82, 2.24) is 4.98 Å². The number of carbonyl (C=O) groups is 1. The Labute approximate surface area is 117 Å². The molecule has 0 spiro atoms. The molecule has 1 fully saturated rings. The Kier molecular flexibility index (Phi) is 3.14. The quantitative estimate of drug-likeness (QED) is 0.804. The normalized spacial score (nSPS) is 18.6. The number of pyridine rings is 1. The van der Waals surface area contributed by atoms with Crippen LogP contribution in [0.4, 0.5) is 5.69 Å². The molecule has 4 nitrogen and oxygen atoms in total. The highest BCUT2D eigenvalue weighted by Gasteiger charge is 2.30. The van der Waals surface area contributed by atoms with Crippen molar-refractivity contribution < 1.29 is 9.53 Å². The summed E-state index contributed by atoms with van der Waals surface area (Å²) in [5, 5.41) is 0.935. The van der Waals surface area contributed by atoms with E-state index in [0.29, 0.717) is 13.0 Å². The minimum Gasteiger partial charge on any atom is -0.494 e. The lowest BCUT2D eigenvalue weighted by Crippen LogP contribution is -2.24. The van der Waals surface area contributed by atoms with Gasteiger partial charge in [-0.15, -0.1) is 6.58 Å². The summed E-state index contributed by atoms with van der Waals surface area (Å²) in [5.74, 6) is 1.07. The maximum absolute atomic E-state index is 12.2. The third-order valence-electron chi connectivity index (χ3n) is 3.71. The lowest BCUT2D eigenvalue weighted by atomic mass is 10.1. The molecule has 4 heteroatoms. The van der Waals surface area contributed by atoms with Gasteiger partial charge in [0.05, 0.1) is 12.8 Å². The first-order chi connectivity index (χ1) is 9.74. The number of hydrogen-bond donors (Lipinski definition) is 0. The molecule has 1 aromatic heterocycles. The van der Waals surface area contributed by atoms with Crippen molar-refractivity contribution in [2.45, 2.75) is 6.42 Å². The second kappa shape index (κ2) is 4.96. The van der Waals surface area contributed by atoms with Crippen molar-refractivity contribution in [1.29, 1.82) is 0 Å². The summed E-state index contributed by atoms with van der Waals surface area (Å²) in [7, 11) is 1.62. The number of benzene rings is 1. The van der Waals surface area contributed by atoms with E-state index in [1.807, 2.05) is 35.2 Å². The van der Waals surface area contributed by atoms with Crippen molar-refractivity contribution in [3.8, 4) is 5.75 Å². The average molecular weight is 268 g/mol. The van der Waals surface area contributed by atoms with E-state index in [1.54, 1.807) is 13.3 Å². The van der Waals surface area contributed by atoms with Gasteiger partial charge in [-0.1, -0.05) is 6.08 Å². The lowest BCUT2D eigenvalue weighted by molar-refractivity contribution is -0.117. The fraction of sp³-hybridized carbons (Fsp3) is 0.250. The molecule has 3 rings (SSSR count). The fourth-order valence-electron chi connectivity index (χ4n) is 2.66. The van der Waals surface area contributed by atoms with Crippen LogP contribution in [0, 0.1) is 5.92 Å². The SMILES string of the molecule is C=CC1CC(=O)N(c2ccc(OC)c3ncccc23)C1. The third-order valence-corrected chi connectivity index (χ3v) is 3.71. The van der Waals surface area contributed by atoms with Crippen LogP contribution in [0.2, 0.25) is 0 Å². The Bertz CT molecular complexity index is 681. The monoisotopic (exact) mass is 268 g/mol. The number of methoxy groups -OCH3 is 1. The van der Waals surface area contributed by atoms with Gasteiger partial charge in [0.1, 0.15) is 11.3 Å². The van der Waals surface area contributed by atoms with Gasteiger partial charge in [-0.2, -0.15) is 0 Å². The number of ether oxygens (including phenoxy) is 1. The molecular formula is C16H16N2O2. The first-order valence-electron chi connectivity index (χ1n) is 6.59. The summed E-state index contributed by atoms with van der Waals surface area (Å²) < 4.78 is 5.33. The van der Waals surface area contributed by atoms with E-state index in [1.165, 1.54) is 0 Å². The van der Waals surface area contributed by atoms with Gasteiger partial charge >= 0.3 is 0 Å². The molecule has 1 unspecified atom stereocenters. The van der Waals surface area contributed by atoms with Crippen LogP contribution in [0.3, 0.4) is 0 Å². The molecule has 0 N–H and O–H groups in total. The number of anilines is 1. The Morgan fingerprint density at radius 1 is 1.45 bits per heavy atom. The minimum atomic E-state index is 0.130. The minimum absolute atomic E-state index is 0.130. The highest BCUT2D eigenvalue weighted by molar-refractivity contribution is 6.05. The number of nitrogens with zero attached hydrogens (tertiary/aromatic N) is 2. The van der Waals surface area contributed by atoms with Crippen LogP contribution >= 0.6 is 0 Å². The number of amides is 1. The Morgan fingerprint density at radius 3 is 3.00 bits per heavy atom. The molecule has 1 aliphatic rings. The number of aromatic nitrogens is 1. The topological polar surface area (TPSA) is 42.4 Å². The van der Waals surface area contributed by atoms with Crippen LogP contribution in [0.5, 0.6) is 5.75 Å². The zero-order valence-corrected chi connectivity index (χ0v) is 11.4. The van der Waals surface area contributed by atoms with Crippen molar-refractivity contribution in [3.05, 3.63) is 43.1 Å². The summed E-state index contributed by atoms with van der Waals surface area (Å²) in [4.78, 5) is 18.3. The number of carbonyl (C=O) groups excluding carboxylic acids is 1. The average Bonchev–Trinajstić information content (AvgIpc) is 2.87. The van der Waals surface area contributed by atoms with Crippen LogP contribution in [0.1, 0.15) is 6.42 Å². The van der Waals surface area contributed by atoms with Crippen molar-refractivity contribution >= 4 is 22.5 Å². The van der Waals surface area contributed by atoms with Gasteiger partial charge in [-0.05, 0) is 24.3 Å². The molecule has 1 aromatic carbocycles. The van der Waals surface area contributed by atoms with Crippen molar-refractivity contribution in [2.75, 3.05) is 18.6 Å². The molecule has 2 aromatic rings. The second-order valence-corrected chi connectivity index (χ2v) is 4.89. The van der Waals surface area contributed by atoms with E-state index in [4.69, 9.17) is 4.74 Å². The van der Waals surface area contributed by atoms with Gasteiger partial charge in [-0.25, -0.2) is 0 Å². The third kappa shape index (κ3) is 1.93. The Hall–Kier alpha value is -2.36. The lowest BCUT2D eigenvalue weighted by Gasteiger charge is -2.19. The highest BCUT2D eigenvalue weighted by Crippen LogP contribution is 2.35. The second-order valence-electron chi connectivity index (χ2n) is 4.89. The van der Waals surface area contributed by atoms with Gasteiger partial charge in [0.2, 0.25) is 5.91 Å². The fourth-order valence-corrected chi connectivity index (χ4v) is 2.66. The van der Waals surface area contributed by atoms with E-state index in [-0.39, 0.29) is 11.8 Å². The van der Waals surface area contributed by atoms with E-state index < -0.39 is 0 Å². The summed E-state index contributed by atoms with van der Waals surface area (Å²) in [6.07, 6.45) is 4.10. The maximum Gasteiger partial charge on any atom is 0.227 e. The van der Waals surface area contributed by atoms with Crippen molar-refractivity contribution in [3.63, 3.8) is 0 Å². The smallest absolute Gasteiger partial charge is 0.227 e. The van der Waals surface area contributed by atoms with Crippen LogP contribution in [0.25, 0.3) is 10.9 Å². The maximum atomic E-state index is 12.2. The van der Waals surface area contributed by atoms with Crippen LogP contribution in [-0.4, -0.2) is 24.5 Å². The summed E-state index contributed by atoms with van der Waals surface area (Å²) in [5.41, 5.74) is 1.67. The summed E-state index contributed by atoms with van der Waals surface area (Å²) in [6.45, 7) is 4.46. The Morgan fingerprint density at radius 2 is 2.30 bits per heavy atom. The molecule has 2 heterocycles. The molecule has 1 saturated heterocycles. The predicted molar refractivity (Wildman–Crippen MR) is 79.0 cm³/mol. The number of fused-ring (bicyclic) bond motifs is 1. The zero-order valence-electron chi connectivity index (χ0n) is 11.4. The molecule has 102 valence electrons. The molecule has 0 bridgehead atoms. The van der Waals surface area contributed by atoms with E-state index in [2.05, 4.69) is 11.6 Å². The Balaban J connectivity index is 2.13.